The minimum absolute atomic E-state index is 0.00741. The molecule has 6 heteroatoms. The summed E-state index contributed by atoms with van der Waals surface area (Å²) in [5.41, 5.74) is 1.10. The van der Waals surface area contributed by atoms with Crippen LogP contribution in [0, 0.1) is 11.8 Å². The molecule has 0 aliphatic heterocycles. The van der Waals surface area contributed by atoms with Crippen LogP contribution in [0.15, 0.2) is 36.4 Å². The summed E-state index contributed by atoms with van der Waals surface area (Å²) in [4.78, 5) is 34.9. The summed E-state index contributed by atoms with van der Waals surface area (Å²) in [5, 5.41) is 5.60. The first-order valence-electron chi connectivity index (χ1n) is 7.95. The molecular weight excluding hydrogens is 308 g/mol. The zero-order valence-corrected chi connectivity index (χ0v) is 13.9. The van der Waals surface area contributed by atoms with Gasteiger partial charge in [-0.1, -0.05) is 19.1 Å². The highest BCUT2D eigenvalue weighted by Crippen LogP contribution is 2.38. The van der Waals surface area contributed by atoms with Gasteiger partial charge in [-0.15, -0.1) is 0 Å². The molecule has 2 rings (SSSR count). The minimum Gasteiger partial charge on any atom is -0.466 e. The molecule has 0 spiro atoms. The lowest BCUT2D eigenvalue weighted by atomic mass is 10.1. The molecule has 0 heterocycles. The fraction of sp³-hybridized carbons (Fsp3) is 0.389. The molecule has 2 atom stereocenters. The van der Waals surface area contributed by atoms with Crippen LogP contribution < -0.4 is 10.6 Å². The largest absolute Gasteiger partial charge is 0.466 e. The topological polar surface area (TPSA) is 84.5 Å². The van der Waals surface area contributed by atoms with E-state index in [4.69, 9.17) is 0 Å². The zero-order valence-electron chi connectivity index (χ0n) is 13.9. The number of anilines is 1. The summed E-state index contributed by atoms with van der Waals surface area (Å²) in [6, 6.07) is 6.85. The van der Waals surface area contributed by atoms with Crippen molar-refractivity contribution in [1.29, 1.82) is 0 Å². The van der Waals surface area contributed by atoms with Crippen LogP contribution in [0.3, 0.4) is 0 Å². The monoisotopic (exact) mass is 330 g/mol. The first kappa shape index (κ1) is 17.7. The number of carbonyl (C=O) groups is 3. The highest BCUT2D eigenvalue weighted by atomic mass is 16.5. The predicted octanol–water partition coefficient (Wildman–Crippen LogP) is 2.13. The zero-order chi connectivity index (χ0) is 17.5. The second-order valence-electron chi connectivity index (χ2n) is 5.86. The molecule has 1 aromatic carbocycles. The lowest BCUT2D eigenvalue weighted by molar-refractivity contribution is -0.134. The number of ether oxygens (including phenoxy) is 1. The predicted molar refractivity (Wildman–Crippen MR) is 90.4 cm³/mol. The van der Waals surface area contributed by atoms with Gasteiger partial charge < -0.3 is 15.4 Å². The van der Waals surface area contributed by atoms with Crippen molar-refractivity contribution in [3.63, 3.8) is 0 Å². The maximum atomic E-state index is 12.1. The average Bonchev–Trinajstić information content (AvgIpc) is 3.31. The van der Waals surface area contributed by atoms with Gasteiger partial charge in [-0.3, -0.25) is 9.59 Å². The molecule has 0 bridgehead atoms. The van der Waals surface area contributed by atoms with Crippen LogP contribution in [0.1, 0.15) is 30.1 Å². The van der Waals surface area contributed by atoms with E-state index in [-0.39, 0.29) is 17.7 Å². The van der Waals surface area contributed by atoms with Gasteiger partial charge in [0, 0.05) is 29.8 Å². The Labute approximate surface area is 141 Å². The summed E-state index contributed by atoms with van der Waals surface area (Å²) in [6.45, 7) is 2.45. The van der Waals surface area contributed by atoms with E-state index >= 15 is 0 Å². The van der Waals surface area contributed by atoms with Crippen molar-refractivity contribution < 1.29 is 19.1 Å². The van der Waals surface area contributed by atoms with Gasteiger partial charge >= 0.3 is 5.97 Å². The number of nitrogens with one attached hydrogen (secondary N) is 2. The number of benzene rings is 1. The van der Waals surface area contributed by atoms with Crippen molar-refractivity contribution in [3.8, 4) is 0 Å². The first-order chi connectivity index (χ1) is 11.5. The maximum Gasteiger partial charge on any atom is 0.330 e. The van der Waals surface area contributed by atoms with Gasteiger partial charge in [0.2, 0.25) is 5.91 Å². The molecule has 2 amide bonds. The fourth-order valence-corrected chi connectivity index (χ4v) is 2.28. The Balaban J connectivity index is 1.81. The second-order valence-corrected chi connectivity index (χ2v) is 5.86. The van der Waals surface area contributed by atoms with Crippen molar-refractivity contribution in [2.75, 3.05) is 19.0 Å². The third-order valence-corrected chi connectivity index (χ3v) is 3.89. The van der Waals surface area contributed by atoms with Crippen molar-refractivity contribution >= 4 is 23.5 Å². The number of rotatable bonds is 7. The third kappa shape index (κ3) is 5.22. The number of carbonyl (C=O) groups excluding carboxylic acids is 3. The molecule has 2 N–H and O–H groups in total. The van der Waals surface area contributed by atoms with Crippen molar-refractivity contribution in [1.82, 2.24) is 5.32 Å². The van der Waals surface area contributed by atoms with E-state index in [9.17, 15) is 14.4 Å². The summed E-state index contributed by atoms with van der Waals surface area (Å²) in [7, 11) is 1.31. The van der Waals surface area contributed by atoms with Crippen molar-refractivity contribution in [3.05, 3.63) is 42.0 Å². The van der Waals surface area contributed by atoms with Crippen molar-refractivity contribution in [2.45, 2.75) is 19.8 Å². The second kappa shape index (κ2) is 8.29. The lowest BCUT2D eigenvalue weighted by Crippen LogP contribution is -2.24. The highest BCUT2D eigenvalue weighted by Gasteiger charge is 2.39. The van der Waals surface area contributed by atoms with E-state index < -0.39 is 5.97 Å². The number of methoxy groups -OCH3 is 1. The van der Waals surface area contributed by atoms with Gasteiger partial charge in [0.15, 0.2) is 0 Å². The normalized spacial score (nSPS) is 18.9. The minimum atomic E-state index is -0.422. The van der Waals surface area contributed by atoms with Gasteiger partial charge in [0.1, 0.15) is 0 Å². The van der Waals surface area contributed by atoms with Crippen LogP contribution in [0.2, 0.25) is 0 Å². The number of hydrogen-bond donors (Lipinski definition) is 2. The van der Waals surface area contributed by atoms with E-state index in [0.29, 0.717) is 30.1 Å². The van der Waals surface area contributed by atoms with Crippen LogP contribution >= 0.6 is 0 Å². The quantitative estimate of drug-likeness (QED) is 0.456. The number of esters is 1. The summed E-state index contributed by atoms with van der Waals surface area (Å²) >= 11 is 0. The van der Waals surface area contributed by atoms with E-state index in [0.717, 1.165) is 6.42 Å². The van der Waals surface area contributed by atoms with E-state index in [1.807, 2.05) is 6.92 Å². The lowest BCUT2D eigenvalue weighted by Gasteiger charge is -2.08. The molecule has 6 nitrogen and oxygen atoms in total. The van der Waals surface area contributed by atoms with E-state index in [2.05, 4.69) is 15.4 Å². The Kier molecular flexibility index (Phi) is 6.12. The first-order valence-corrected chi connectivity index (χ1v) is 7.95. The van der Waals surface area contributed by atoms with Crippen molar-refractivity contribution in [2.24, 2.45) is 11.8 Å². The standard InChI is InChI=1S/C18H22N2O4/c1-12-10-15(12)18(23)20-14-7-5-6-13(11-14)17(22)19-9-4-3-8-16(21)24-2/h3,5-8,11-12,15H,4,9-10H2,1-2H3,(H,19,22)(H,20,23)/b8-3+/t12-,15-/m1/s1. The molecule has 1 saturated carbocycles. The Hall–Kier alpha value is -2.63. The van der Waals surface area contributed by atoms with E-state index in [1.54, 1.807) is 30.3 Å². The molecule has 0 radical (unpaired) electrons. The molecule has 128 valence electrons. The average molecular weight is 330 g/mol. The SMILES string of the molecule is COC(=O)/C=C/CCNC(=O)c1cccc(NC(=O)[C@@H]2C[C@H]2C)c1. The Morgan fingerprint density at radius 3 is 2.75 bits per heavy atom. The van der Waals surface area contributed by atoms with Crippen LogP contribution in [-0.4, -0.2) is 31.4 Å². The summed E-state index contributed by atoms with van der Waals surface area (Å²) < 4.78 is 4.47. The number of hydrogen-bond acceptors (Lipinski definition) is 4. The van der Waals surface area contributed by atoms with Gasteiger partial charge in [-0.2, -0.15) is 0 Å². The van der Waals surface area contributed by atoms with Crippen LogP contribution in [-0.2, 0) is 14.3 Å². The molecule has 1 fully saturated rings. The maximum absolute atomic E-state index is 12.1. The molecule has 0 saturated heterocycles. The Morgan fingerprint density at radius 1 is 1.33 bits per heavy atom. The Morgan fingerprint density at radius 2 is 2.08 bits per heavy atom. The smallest absolute Gasteiger partial charge is 0.330 e. The summed E-state index contributed by atoms with van der Waals surface area (Å²) in [6.07, 6.45) is 4.41. The molecule has 1 aliphatic rings. The van der Waals surface area contributed by atoms with Crippen LogP contribution in [0.5, 0.6) is 0 Å². The van der Waals surface area contributed by atoms with Gasteiger partial charge in [0.05, 0.1) is 7.11 Å². The molecule has 1 aromatic rings. The van der Waals surface area contributed by atoms with E-state index in [1.165, 1.54) is 13.2 Å². The van der Waals surface area contributed by atoms with Gasteiger partial charge in [-0.25, -0.2) is 4.79 Å². The molecule has 0 aromatic heterocycles. The van der Waals surface area contributed by atoms with Gasteiger partial charge in [0.25, 0.3) is 5.91 Å². The molecular formula is C18H22N2O4. The number of amides is 2. The van der Waals surface area contributed by atoms with Crippen LogP contribution in [0.4, 0.5) is 5.69 Å². The summed E-state index contributed by atoms with van der Waals surface area (Å²) in [5.74, 6) is -0.112. The molecule has 24 heavy (non-hydrogen) atoms. The Bertz CT molecular complexity index is 654. The molecule has 1 aliphatic carbocycles. The van der Waals surface area contributed by atoms with Gasteiger partial charge in [-0.05, 0) is 37.0 Å². The fourth-order valence-electron chi connectivity index (χ4n) is 2.28. The van der Waals surface area contributed by atoms with Crippen LogP contribution in [0.25, 0.3) is 0 Å². The highest BCUT2D eigenvalue weighted by molar-refractivity contribution is 5.98. The third-order valence-electron chi connectivity index (χ3n) is 3.89. The molecule has 0 unspecified atom stereocenters.